The molecule has 0 aromatic heterocycles. The van der Waals surface area contributed by atoms with Crippen molar-refractivity contribution in [2.75, 3.05) is 0 Å². The lowest BCUT2D eigenvalue weighted by molar-refractivity contribution is 0.317. The average molecular weight is 240 g/mol. The fourth-order valence-electron chi connectivity index (χ4n) is 1.68. The van der Waals surface area contributed by atoms with E-state index in [4.69, 9.17) is 5.21 Å². The van der Waals surface area contributed by atoms with Gasteiger partial charge in [0.05, 0.1) is 0 Å². The van der Waals surface area contributed by atoms with E-state index in [1.807, 2.05) is 30.3 Å². The molecule has 0 radical (unpaired) electrons. The zero-order chi connectivity index (χ0) is 12.8. The Morgan fingerprint density at radius 3 is 2.33 bits per heavy atom. The maximum atomic E-state index is 9.03. The molecule has 0 atom stereocenters. The molecule has 0 aliphatic rings. The molecule has 0 bridgehead atoms. The predicted molar refractivity (Wildman–Crippen MR) is 72.8 cm³/mol. The quantitative estimate of drug-likeness (QED) is 0.375. The van der Waals surface area contributed by atoms with Crippen molar-refractivity contribution in [2.24, 2.45) is 5.16 Å². The SMILES string of the molecule is Cc1ccc(CN/C(=N\O)c2ccccc2)cc1. The van der Waals surface area contributed by atoms with Gasteiger partial charge in [0.2, 0.25) is 0 Å². The third-order valence-corrected chi connectivity index (χ3v) is 2.73. The largest absolute Gasteiger partial charge is 0.409 e. The molecule has 0 aliphatic heterocycles. The summed E-state index contributed by atoms with van der Waals surface area (Å²) >= 11 is 0. The molecule has 92 valence electrons. The summed E-state index contributed by atoms with van der Waals surface area (Å²) in [5, 5.41) is 15.4. The minimum Gasteiger partial charge on any atom is -0.409 e. The van der Waals surface area contributed by atoms with Gasteiger partial charge in [0.1, 0.15) is 0 Å². The fourth-order valence-corrected chi connectivity index (χ4v) is 1.68. The molecule has 18 heavy (non-hydrogen) atoms. The number of hydrogen-bond donors (Lipinski definition) is 2. The van der Waals surface area contributed by atoms with Crippen LogP contribution in [0.15, 0.2) is 59.8 Å². The van der Waals surface area contributed by atoms with E-state index in [9.17, 15) is 0 Å². The maximum Gasteiger partial charge on any atom is 0.172 e. The lowest BCUT2D eigenvalue weighted by atomic mass is 10.1. The van der Waals surface area contributed by atoms with E-state index in [1.165, 1.54) is 5.56 Å². The Balaban J connectivity index is 2.03. The molecular weight excluding hydrogens is 224 g/mol. The van der Waals surface area contributed by atoms with Crippen LogP contribution < -0.4 is 5.32 Å². The van der Waals surface area contributed by atoms with Crippen LogP contribution in [0.5, 0.6) is 0 Å². The number of nitrogens with one attached hydrogen (secondary N) is 1. The highest BCUT2D eigenvalue weighted by Gasteiger charge is 2.02. The zero-order valence-corrected chi connectivity index (χ0v) is 10.3. The summed E-state index contributed by atoms with van der Waals surface area (Å²) in [7, 11) is 0. The van der Waals surface area contributed by atoms with Crippen LogP contribution in [0.1, 0.15) is 16.7 Å². The topological polar surface area (TPSA) is 44.6 Å². The minimum absolute atomic E-state index is 0.483. The summed E-state index contributed by atoms with van der Waals surface area (Å²) in [6, 6.07) is 17.8. The standard InChI is InChI=1S/C15H16N2O/c1-12-7-9-13(10-8-12)11-16-15(17-18)14-5-3-2-4-6-14/h2-10,18H,11H2,1H3,(H,16,17). The number of benzene rings is 2. The van der Waals surface area contributed by atoms with E-state index in [0.717, 1.165) is 11.1 Å². The smallest absolute Gasteiger partial charge is 0.172 e. The van der Waals surface area contributed by atoms with Crippen LogP contribution in [0.4, 0.5) is 0 Å². The molecule has 0 aliphatic carbocycles. The molecule has 2 aromatic rings. The zero-order valence-electron chi connectivity index (χ0n) is 10.3. The highest BCUT2D eigenvalue weighted by atomic mass is 16.4. The van der Waals surface area contributed by atoms with E-state index in [2.05, 4.69) is 41.7 Å². The Labute approximate surface area is 107 Å². The number of rotatable bonds is 3. The van der Waals surface area contributed by atoms with Crippen LogP contribution in [0.3, 0.4) is 0 Å². The summed E-state index contributed by atoms with van der Waals surface area (Å²) in [6.45, 7) is 2.69. The predicted octanol–water partition coefficient (Wildman–Crippen LogP) is 2.92. The molecule has 0 saturated heterocycles. The van der Waals surface area contributed by atoms with E-state index >= 15 is 0 Å². The van der Waals surface area contributed by atoms with Gasteiger partial charge < -0.3 is 10.5 Å². The molecule has 2 N–H and O–H groups in total. The first kappa shape index (κ1) is 12.2. The number of oxime groups is 1. The number of amidine groups is 1. The van der Waals surface area contributed by atoms with Crippen molar-refractivity contribution in [3.8, 4) is 0 Å². The average Bonchev–Trinajstić information content (AvgIpc) is 2.43. The lowest BCUT2D eigenvalue weighted by Crippen LogP contribution is -2.23. The number of hydrogen-bond acceptors (Lipinski definition) is 2. The molecule has 3 nitrogen and oxygen atoms in total. The first-order chi connectivity index (χ1) is 8.79. The molecule has 0 saturated carbocycles. The van der Waals surface area contributed by atoms with E-state index in [1.54, 1.807) is 0 Å². The molecule has 0 fully saturated rings. The first-order valence-corrected chi connectivity index (χ1v) is 5.86. The monoisotopic (exact) mass is 240 g/mol. The van der Waals surface area contributed by atoms with Gasteiger partial charge in [-0.15, -0.1) is 0 Å². The third-order valence-electron chi connectivity index (χ3n) is 2.73. The van der Waals surface area contributed by atoms with Gasteiger partial charge in [-0.05, 0) is 12.5 Å². The molecule has 0 unspecified atom stereocenters. The van der Waals surface area contributed by atoms with Crippen molar-refractivity contribution in [3.05, 3.63) is 71.3 Å². The molecule has 0 spiro atoms. The Morgan fingerprint density at radius 2 is 1.72 bits per heavy atom. The van der Waals surface area contributed by atoms with Crippen molar-refractivity contribution in [1.29, 1.82) is 0 Å². The van der Waals surface area contributed by atoms with E-state index < -0.39 is 0 Å². The highest BCUT2D eigenvalue weighted by molar-refractivity contribution is 5.98. The molecule has 0 heterocycles. The fraction of sp³-hybridized carbons (Fsp3) is 0.133. The summed E-state index contributed by atoms with van der Waals surface area (Å²) in [5.74, 6) is 0.483. The van der Waals surface area contributed by atoms with Gasteiger partial charge in [0, 0.05) is 12.1 Å². The Morgan fingerprint density at radius 1 is 1.06 bits per heavy atom. The van der Waals surface area contributed by atoms with Crippen LogP contribution in [0.25, 0.3) is 0 Å². The second-order valence-corrected chi connectivity index (χ2v) is 4.15. The third kappa shape index (κ3) is 3.10. The van der Waals surface area contributed by atoms with E-state index in [0.29, 0.717) is 12.4 Å². The molecule has 3 heteroatoms. The molecule has 2 rings (SSSR count). The van der Waals surface area contributed by atoms with Crippen molar-refractivity contribution in [1.82, 2.24) is 5.32 Å². The van der Waals surface area contributed by atoms with Crippen LogP contribution in [0.2, 0.25) is 0 Å². The van der Waals surface area contributed by atoms with Gasteiger partial charge in [0.15, 0.2) is 5.84 Å². The van der Waals surface area contributed by atoms with Crippen LogP contribution in [-0.2, 0) is 6.54 Å². The number of aryl methyl sites for hydroxylation is 1. The highest BCUT2D eigenvalue weighted by Crippen LogP contribution is 2.04. The van der Waals surface area contributed by atoms with Crippen molar-refractivity contribution >= 4 is 5.84 Å². The second-order valence-electron chi connectivity index (χ2n) is 4.15. The lowest BCUT2D eigenvalue weighted by Gasteiger charge is -2.08. The Kier molecular flexibility index (Phi) is 3.97. The Hall–Kier alpha value is -2.29. The van der Waals surface area contributed by atoms with E-state index in [-0.39, 0.29) is 0 Å². The Bertz CT molecular complexity index is 518. The molecule has 0 amide bonds. The summed E-state index contributed by atoms with van der Waals surface area (Å²) in [6.07, 6.45) is 0. The summed E-state index contributed by atoms with van der Waals surface area (Å²) in [5.41, 5.74) is 3.25. The van der Waals surface area contributed by atoms with Gasteiger partial charge in [-0.1, -0.05) is 65.3 Å². The van der Waals surface area contributed by atoms with Crippen molar-refractivity contribution in [2.45, 2.75) is 13.5 Å². The van der Waals surface area contributed by atoms with Crippen molar-refractivity contribution in [3.63, 3.8) is 0 Å². The van der Waals surface area contributed by atoms with Crippen molar-refractivity contribution < 1.29 is 5.21 Å². The van der Waals surface area contributed by atoms with Gasteiger partial charge >= 0.3 is 0 Å². The maximum absolute atomic E-state index is 9.03. The first-order valence-electron chi connectivity index (χ1n) is 5.86. The molecular formula is C15H16N2O. The van der Waals surface area contributed by atoms with Crippen LogP contribution in [0, 0.1) is 6.92 Å². The molecule has 2 aromatic carbocycles. The summed E-state index contributed by atoms with van der Waals surface area (Å²) in [4.78, 5) is 0. The van der Waals surface area contributed by atoms with Crippen LogP contribution >= 0.6 is 0 Å². The normalized spacial score (nSPS) is 11.3. The van der Waals surface area contributed by atoms with Gasteiger partial charge in [-0.2, -0.15) is 0 Å². The minimum atomic E-state index is 0.483. The second kappa shape index (κ2) is 5.87. The van der Waals surface area contributed by atoms with Gasteiger partial charge in [-0.25, -0.2) is 0 Å². The number of nitrogens with zero attached hydrogens (tertiary/aromatic N) is 1. The van der Waals surface area contributed by atoms with Gasteiger partial charge in [0.25, 0.3) is 0 Å². The summed E-state index contributed by atoms with van der Waals surface area (Å²) < 4.78 is 0. The van der Waals surface area contributed by atoms with Gasteiger partial charge in [-0.3, -0.25) is 0 Å². The van der Waals surface area contributed by atoms with Crippen LogP contribution in [-0.4, -0.2) is 11.0 Å².